The first-order chi connectivity index (χ1) is 12.3. The summed E-state index contributed by atoms with van der Waals surface area (Å²) in [5, 5.41) is 15.7. The first-order valence-electron chi connectivity index (χ1n) is 7.83. The summed E-state index contributed by atoms with van der Waals surface area (Å²) in [6, 6.07) is 9.05. The number of hydrogen-bond acceptors (Lipinski definition) is 5. The number of nitro groups is 1. The molecule has 0 fully saturated rings. The van der Waals surface area contributed by atoms with Crippen molar-refractivity contribution >= 4 is 23.3 Å². The van der Waals surface area contributed by atoms with Crippen molar-refractivity contribution in [1.82, 2.24) is 5.32 Å². The molecular formula is C18H19N3O5. The smallest absolute Gasteiger partial charge is 0.325 e. The van der Waals surface area contributed by atoms with E-state index in [9.17, 15) is 19.7 Å². The quantitative estimate of drug-likeness (QED) is 0.630. The van der Waals surface area contributed by atoms with Gasteiger partial charge in [0.2, 0.25) is 0 Å². The van der Waals surface area contributed by atoms with Crippen molar-refractivity contribution in [3.63, 3.8) is 0 Å². The van der Waals surface area contributed by atoms with Crippen molar-refractivity contribution < 1.29 is 19.2 Å². The molecule has 0 aromatic heterocycles. The minimum atomic E-state index is -0.719. The van der Waals surface area contributed by atoms with Gasteiger partial charge in [-0.3, -0.25) is 20.2 Å². The molecule has 0 atom stereocenters. The monoisotopic (exact) mass is 357 g/mol. The second-order valence-corrected chi connectivity index (χ2v) is 5.77. The highest BCUT2D eigenvalue weighted by molar-refractivity contribution is 6.02. The van der Waals surface area contributed by atoms with E-state index >= 15 is 0 Å². The van der Waals surface area contributed by atoms with E-state index in [-0.39, 0.29) is 11.4 Å². The van der Waals surface area contributed by atoms with Crippen LogP contribution in [0.1, 0.15) is 16.7 Å². The lowest BCUT2D eigenvalue weighted by molar-refractivity contribution is -0.385. The molecule has 0 aliphatic heterocycles. The van der Waals surface area contributed by atoms with Crippen LogP contribution in [0, 0.1) is 30.9 Å². The Morgan fingerprint density at radius 3 is 2.58 bits per heavy atom. The fourth-order valence-corrected chi connectivity index (χ4v) is 2.23. The number of imide groups is 1. The molecule has 8 heteroatoms. The van der Waals surface area contributed by atoms with Gasteiger partial charge in [0.05, 0.1) is 4.92 Å². The van der Waals surface area contributed by atoms with E-state index in [0.29, 0.717) is 5.69 Å². The van der Waals surface area contributed by atoms with Gasteiger partial charge >= 0.3 is 11.7 Å². The first kappa shape index (κ1) is 18.9. The fraction of sp³-hybridized carbons (Fsp3) is 0.222. The number of benzene rings is 2. The van der Waals surface area contributed by atoms with E-state index in [1.165, 1.54) is 12.1 Å². The van der Waals surface area contributed by atoms with Gasteiger partial charge in [-0.15, -0.1) is 0 Å². The molecule has 3 amide bonds. The molecule has 2 aromatic rings. The van der Waals surface area contributed by atoms with Gasteiger partial charge in [0.1, 0.15) is 0 Å². The molecule has 0 aliphatic carbocycles. The molecule has 0 bridgehead atoms. The van der Waals surface area contributed by atoms with E-state index in [1.807, 2.05) is 19.9 Å². The van der Waals surface area contributed by atoms with E-state index < -0.39 is 23.5 Å². The zero-order valence-corrected chi connectivity index (χ0v) is 14.7. The molecule has 136 valence electrons. The van der Waals surface area contributed by atoms with Crippen LogP contribution in [0.5, 0.6) is 5.75 Å². The van der Waals surface area contributed by atoms with Gasteiger partial charge in [-0.2, -0.15) is 0 Å². The van der Waals surface area contributed by atoms with Gasteiger partial charge < -0.3 is 10.1 Å². The summed E-state index contributed by atoms with van der Waals surface area (Å²) in [6.45, 7) is 4.98. The molecule has 0 saturated heterocycles. The van der Waals surface area contributed by atoms with Crippen molar-refractivity contribution in [3.8, 4) is 5.75 Å². The van der Waals surface area contributed by atoms with Gasteiger partial charge in [0.15, 0.2) is 12.4 Å². The maximum Gasteiger partial charge on any atom is 0.325 e. The molecule has 0 aliphatic rings. The van der Waals surface area contributed by atoms with Crippen LogP contribution in [-0.4, -0.2) is 23.5 Å². The van der Waals surface area contributed by atoms with Crippen molar-refractivity contribution in [2.45, 2.75) is 20.8 Å². The standard InChI is InChI=1S/C18H19N3O5/c1-11-7-8-15(21(24)25)16(9-11)26-10-17(22)20-18(23)19-14-6-4-5-12(2)13(14)3/h4-9H,10H2,1-3H3,(H2,19,20,22,23). The molecular weight excluding hydrogens is 338 g/mol. The summed E-state index contributed by atoms with van der Waals surface area (Å²) >= 11 is 0. The molecule has 0 spiro atoms. The Bertz CT molecular complexity index is 864. The third-order valence-corrected chi connectivity index (χ3v) is 3.78. The van der Waals surface area contributed by atoms with Gasteiger partial charge in [0, 0.05) is 11.8 Å². The molecule has 2 rings (SSSR count). The molecule has 26 heavy (non-hydrogen) atoms. The highest BCUT2D eigenvalue weighted by Crippen LogP contribution is 2.27. The predicted molar refractivity (Wildman–Crippen MR) is 96.4 cm³/mol. The summed E-state index contributed by atoms with van der Waals surface area (Å²) in [6.07, 6.45) is 0. The topological polar surface area (TPSA) is 111 Å². The lowest BCUT2D eigenvalue weighted by Gasteiger charge is -2.11. The number of hydrogen-bond donors (Lipinski definition) is 2. The number of amides is 3. The Morgan fingerprint density at radius 1 is 1.15 bits per heavy atom. The van der Waals surface area contributed by atoms with E-state index in [0.717, 1.165) is 16.7 Å². The average molecular weight is 357 g/mol. The van der Waals surface area contributed by atoms with Crippen LogP contribution in [0.15, 0.2) is 36.4 Å². The third-order valence-electron chi connectivity index (χ3n) is 3.78. The number of carbonyl (C=O) groups excluding carboxylic acids is 2. The number of anilines is 1. The molecule has 0 heterocycles. The van der Waals surface area contributed by atoms with Gasteiger partial charge in [-0.1, -0.05) is 18.2 Å². The van der Waals surface area contributed by atoms with Gasteiger partial charge in [-0.05, 0) is 49.6 Å². The Hall–Kier alpha value is -3.42. The Morgan fingerprint density at radius 2 is 1.88 bits per heavy atom. The van der Waals surface area contributed by atoms with Crippen molar-refractivity contribution in [2.24, 2.45) is 0 Å². The second kappa shape index (κ2) is 8.11. The van der Waals surface area contributed by atoms with E-state index in [4.69, 9.17) is 4.74 Å². The van der Waals surface area contributed by atoms with Crippen LogP contribution >= 0.6 is 0 Å². The van der Waals surface area contributed by atoms with Gasteiger partial charge in [0.25, 0.3) is 5.91 Å². The number of nitrogens with zero attached hydrogens (tertiary/aromatic N) is 1. The Labute approximate surface area is 150 Å². The number of rotatable bonds is 5. The Balaban J connectivity index is 1.95. The molecule has 0 unspecified atom stereocenters. The third kappa shape index (κ3) is 4.79. The maximum absolute atomic E-state index is 11.9. The van der Waals surface area contributed by atoms with Crippen LogP contribution in [0.4, 0.5) is 16.2 Å². The average Bonchev–Trinajstić information content (AvgIpc) is 2.57. The van der Waals surface area contributed by atoms with Crippen molar-refractivity contribution in [3.05, 3.63) is 63.2 Å². The molecule has 2 N–H and O–H groups in total. The first-order valence-corrected chi connectivity index (χ1v) is 7.83. The Kier molecular flexibility index (Phi) is 5.90. The summed E-state index contributed by atoms with van der Waals surface area (Å²) in [5.74, 6) is -0.747. The fourth-order valence-electron chi connectivity index (χ4n) is 2.23. The maximum atomic E-state index is 11.9. The van der Waals surface area contributed by atoms with E-state index in [2.05, 4.69) is 10.6 Å². The minimum absolute atomic E-state index is 0.0277. The summed E-state index contributed by atoms with van der Waals surface area (Å²) in [5.41, 5.74) is 2.98. The predicted octanol–water partition coefficient (Wildman–Crippen LogP) is 3.25. The largest absolute Gasteiger partial charge is 0.477 e. The molecule has 0 radical (unpaired) electrons. The van der Waals surface area contributed by atoms with E-state index in [1.54, 1.807) is 25.1 Å². The second-order valence-electron chi connectivity index (χ2n) is 5.77. The van der Waals surface area contributed by atoms with Crippen LogP contribution in [0.25, 0.3) is 0 Å². The summed E-state index contributed by atoms with van der Waals surface area (Å²) < 4.78 is 5.20. The molecule has 8 nitrogen and oxygen atoms in total. The number of carbonyl (C=O) groups is 2. The van der Waals surface area contributed by atoms with Crippen LogP contribution in [-0.2, 0) is 4.79 Å². The zero-order chi connectivity index (χ0) is 19.3. The number of nitro benzene ring substituents is 1. The van der Waals surface area contributed by atoms with Crippen LogP contribution < -0.4 is 15.4 Å². The zero-order valence-electron chi connectivity index (χ0n) is 14.7. The van der Waals surface area contributed by atoms with Crippen molar-refractivity contribution in [2.75, 3.05) is 11.9 Å². The van der Waals surface area contributed by atoms with Crippen LogP contribution in [0.3, 0.4) is 0 Å². The lowest BCUT2D eigenvalue weighted by atomic mass is 10.1. The number of aryl methyl sites for hydroxylation is 2. The van der Waals surface area contributed by atoms with Crippen molar-refractivity contribution in [1.29, 1.82) is 0 Å². The normalized spacial score (nSPS) is 10.1. The molecule has 2 aromatic carbocycles. The highest BCUT2D eigenvalue weighted by Gasteiger charge is 2.17. The number of urea groups is 1. The summed E-state index contributed by atoms with van der Waals surface area (Å²) in [7, 11) is 0. The lowest BCUT2D eigenvalue weighted by Crippen LogP contribution is -2.37. The molecule has 0 saturated carbocycles. The number of nitrogens with one attached hydrogen (secondary N) is 2. The SMILES string of the molecule is Cc1ccc([N+](=O)[O-])c(OCC(=O)NC(=O)Nc2cccc(C)c2C)c1. The highest BCUT2D eigenvalue weighted by atomic mass is 16.6. The van der Waals surface area contributed by atoms with Gasteiger partial charge in [-0.25, -0.2) is 4.79 Å². The minimum Gasteiger partial charge on any atom is -0.477 e. The number of ether oxygens (including phenoxy) is 1. The summed E-state index contributed by atoms with van der Waals surface area (Å²) in [4.78, 5) is 34.2. The van der Waals surface area contributed by atoms with Crippen LogP contribution in [0.2, 0.25) is 0 Å².